The first-order chi connectivity index (χ1) is 18.9. The summed E-state index contributed by atoms with van der Waals surface area (Å²) in [6, 6.07) is 7.62. The van der Waals surface area contributed by atoms with Crippen LogP contribution in [-0.2, 0) is 14.3 Å². The monoisotopic (exact) mass is 551 g/mol. The van der Waals surface area contributed by atoms with Gasteiger partial charge in [-0.1, -0.05) is 17.7 Å². The van der Waals surface area contributed by atoms with Gasteiger partial charge in [-0.3, -0.25) is 14.5 Å². The number of likely N-dealkylation sites (tertiary alicyclic amines) is 1. The molecule has 0 spiro atoms. The lowest BCUT2D eigenvalue weighted by molar-refractivity contribution is -0.141. The van der Waals surface area contributed by atoms with Crippen LogP contribution in [0.5, 0.6) is 5.75 Å². The van der Waals surface area contributed by atoms with Gasteiger partial charge in [0.2, 0.25) is 5.91 Å². The van der Waals surface area contributed by atoms with Gasteiger partial charge in [-0.05, 0) is 56.0 Å². The van der Waals surface area contributed by atoms with Gasteiger partial charge in [0.15, 0.2) is 0 Å². The zero-order valence-corrected chi connectivity index (χ0v) is 21.8. The number of carbonyl (C=O) groups excluding carboxylic acids is 2. The minimum atomic E-state index is -0.516. The van der Waals surface area contributed by atoms with Gasteiger partial charge >= 0.3 is 5.97 Å². The second-order valence-corrected chi connectivity index (χ2v) is 10.5. The largest absolute Gasteiger partial charge is 0.491 e. The lowest BCUT2D eigenvalue weighted by Gasteiger charge is -2.18. The number of hydrogen-bond acceptors (Lipinski definition) is 8. The van der Waals surface area contributed by atoms with Crippen molar-refractivity contribution in [3.05, 3.63) is 59.7 Å². The van der Waals surface area contributed by atoms with Crippen LogP contribution in [0.4, 0.5) is 21.6 Å². The number of nitrogens with zero attached hydrogens (tertiary/aromatic N) is 3. The average Bonchev–Trinajstić information content (AvgIpc) is 3.55. The highest BCUT2D eigenvalue weighted by atomic mass is 35.5. The molecule has 3 fully saturated rings. The Morgan fingerprint density at radius 2 is 2.10 bits per heavy atom. The number of hydrogen-bond donors (Lipinski definition) is 2. The van der Waals surface area contributed by atoms with E-state index in [0.29, 0.717) is 59.5 Å². The first-order valence-electron chi connectivity index (χ1n) is 13.0. The molecule has 11 heteroatoms. The fraction of sp³-hybridized carbons (Fsp3) is 0.357. The van der Waals surface area contributed by atoms with Gasteiger partial charge in [0.05, 0.1) is 29.4 Å². The topological polar surface area (TPSA) is 106 Å². The fourth-order valence-electron chi connectivity index (χ4n) is 5.00. The van der Waals surface area contributed by atoms with Crippen LogP contribution in [0.3, 0.4) is 0 Å². The van der Waals surface area contributed by atoms with Crippen molar-refractivity contribution in [3.8, 4) is 5.75 Å². The summed E-state index contributed by atoms with van der Waals surface area (Å²) in [5.41, 5.74) is 1.65. The second kappa shape index (κ2) is 10.8. The molecule has 2 saturated heterocycles. The molecule has 3 aliphatic rings. The number of amides is 1. The maximum atomic E-state index is 13.6. The van der Waals surface area contributed by atoms with Crippen molar-refractivity contribution in [3.63, 3.8) is 0 Å². The van der Waals surface area contributed by atoms with Crippen molar-refractivity contribution >= 4 is 51.6 Å². The zero-order valence-electron chi connectivity index (χ0n) is 21.0. The summed E-state index contributed by atoms with van der Waals surface area (Å²) in [7, 11) is 0. The SMILES string of the molecule is O=C(C=CCN1CCC2COC(=O)C21)Nc1cc2c(Nc3ccc(F)c(Cl)c3)ncnc2cc1OCC1CC1. The van der Waals surface area contributed by atoms with E-state index in [9.17, 15) is 14.0 Å². The van der Waals surface area contributed by atoms with E-state index >= 15 is 0 Å². The Morgan fingerprint density at radius 1 is 1.23 bits per heavy atom. The van der Waals surface area contributed by atoms with Gasteiger partial charge in [0, 0.05) is 35.7 Å². The highest BCUT2D eigenvalue weighted by molar-refractivity contribution is 6.31. The number of benzene rings is 2. The summed E-state index contributed by atoms with van der Waals surface area (Å²) in [6.07, 6.45) is 7.80. The quantitative estimate of drug-likeness (QED) is 0.291. The van der Waals surface area contributed by atoms with Crippen LogP contribution < -0.4 is 15.4 Å². The predicted octanol–water partition coefficient (Wildman–Crippen LogP) is 4.70. The van der Waals surface area contributed by atoms with E-state index in [0.717, 1.165) is 25.8 Å². The number of halogens is 2. The molecule has 2 N–H and O–H groups in total. The van der Waals surface area contributed by atoms with E-state index in [-0.39, 0.29) is 28.9 Å². The number of ether oxygens (including phenoxy) is 2. The number of aromatic nitrogens is 2. The summed E-state index contributed by atoms with van der Waals surface area (Å²) in [5, 5.41) is 6.70. The highest BCUT2D eigenvalue weighted by Gasteiger charge is 2.44. The van der Waals surface area contributed by atoms with Crippen molar-refractivity contribution in [2.24, 2.45) is 11.8 Å². The molecule has 202 valence electrons. The molecule has 0 bridgehead atoms. The number of cyclic esters (lactones) is 1. The molecular weight excluding hydrogens is 525 g/mol. The average molecular weight is 552 g/mol. The molecule has 39 heavy (non-hydrogen) atoms. The predicted molar refractivity (Wildman–Crippen MR) is 145 cm³/mol. The van der Waals surface area contributed by atoms with Crippen LogP contribution in [0.15, 0.2) is 48.8 Å². The van der Waals surface area contributed by atoms with Gasteiger partial charge in [-0.2, -0.15) is 0 Å². The van der Waals surface area contributed by atoms with Crippen LogP contribution in [0.1, 0.15) is 19.3 Å². The lowest BCUT2D eigenvalue weighted by atomic mass is 10.0. The Labute approximate surface area is 229 Å². The van der Waals surface area contributed by atoms with E-state index in [4.69, 9.17) is 21.1 Å². The summed E-state index contributed by atoms with van der Waals surface area (Å²) in [4.78, 5) is 35.7. The van der Waals surface area contributed by atoms with Crippen molar-refractivity contribution in [2.45, 2.75) is 25.3 Å². The minimum Gasteiger partial charge on any atom is -0.491 e. The molecule has 2 aliphatic heterocycles. The highest BCUT2D eigenvalue weighted by Crippen LogP contribution is 2.36. The van der Waals surface area contributed by atoms with Crippen molar-refractivity contribution in [1.82, 2.24) is 14.9 Å². The second-order valence-electron chi connectivity index (χ2n) is 10.1. The Balaban J connectivity index is 1.22. The van der Waals surface area contributed by atoms with Gasteiger partial charge in [0.25, 0.3) is 0 Å². The van der Waals surface area contributed by atoms with Crippen LogP contribution in [0, 0.1) is 17.7 Å². The molecule has 3 heterocycles. The van der Waals surface area contributed by atoms with E-state index in [1.807, 2.05) is 4.90 Å². The number of esters is 1. The van der Waals surface area contributed by atoms with E-state index < -0.39 is 5.82 Å². The summed E-state index contributed by atoms with van der Waals surface area (Å²) < 4.78 is 24.9. The van der Waals surface area contributed by atoms with E-state index in [2.05, 4.69) is 20.6 Å². The van der Waals surface area contributed by atoms with Crippen LogP contribution >= 0.6 is 11.6 Å². The molecule has 9 nitrogen and oxygen atoms in total. The Hall–Kier alpha value is -3.76. The number of anilines is 3. The lowest BCUT2D eigenvalue weighted by Crippen LogP contribution is -2.36. The summed E-state index contributed by atoms with van der Waals surface area (Å²) in [6.45, 7) is 2.32. The fourth-order valence-corrected chi connectivity index (χ4v) is 5.18. The molecule has 2 atom stereocenters. The molecule has 3 aromatic rings. The van der Waals surface area contributed by atoms with Crippen LogP contribution in [0.2, 0.25) is 5.02 Å². The van der Waals surface area contributed by atoms with Crippen molar-refractivity contribution < 1.29 is 23.5 Å². The number of nitrogens with one attached hydrogen (secondary N) is 2. The van der Waals surface area contributed by atoms with Crippen molar-refractivity contribution in [1.29, 1.82) is 0 Å². The third kappa shape index (κ3) is 5.67. The Bertz CT molecular complexity index is 1460. The molecule has 1 aromatic heterocycles. The molecular formula is C28H27ClFN5O4. The maximum absolute atomic E-state index is 13.6. The van der Waals surface area contributed by atoms with Gasteiger partial charge in [-0.25, -0.2) is 14.4 Å². The number of fused-ring (bicyclic) bond motifs is 2. The molecule has 1 amide bonds. The molecule has 6 rings (SSSR count). The third-order valence-corrected chi connectivity index (χ3v) is 7.56. The van der Waals surface area contributed by atoms with Gasteiger partial charge < -0.3 is 20.1 Å². The van der Waals surface area contributed by atoms with E-state index in [1.165, 1.54) is 24.5 Å². The maximum Gasteiger partial charge on any atom is 0.323 e. The van der Waals surface area contributed by atoms with E-state index in [1.54, 1.807) is 24.3 Å². The number of carbonyl (C=O) groups is 2. The normalized spacial score (nSPS) is 20.8. The number of rotatable bonds is 9. The first-order valence-corrected chi connectivity index (χ1v) is 13.3. The third-order valence-electron chi connectivity index (χ3n) is 7.27. The van der Waals surface area contributed by atoms with Crippen LogP contribution in [-0.4, -0.2) is 59.1 Å². The van der Waals surface area contributed by atoms with Gasteiger partial charge in [-0.15, -0.1) is 0 Å². The van der Waals surface area contributed by atoms with Gasteiger partial charge in [0.1, 0.15) is 29.8 Å². The first kappa shape index (κ1) is 25.5. The molecule has 1 aliphatic carbocycles. The summed E-state index contributed by atoms with van der Waals surface area (Å²) >= 11 is 5.94. The standard InChI is InChI=1S/C28H27ClFN5O4/c29-20-10-18(5-6-21(20)30)33-27-19-11-23(24(38-13-16-3-4-16)12-22(19)31-15-32-27)34-25(36)2-1-8-35-9-7-17-14-39-28(37)26(17)35/h1-2,5-6,10-12,15-17,26H,3-4,7-9,13-14H2,(H,34,36)(H,31,32,33). The zero-order chi connectivity index (χ0) is 26.9. The smallest absolute Gasteiger partial charge is 0.323 e. The molecule has 0 radical (unpaired) electrons. The Morgan fingerprint density at radius 3 is 2.92 bits per heavy atom. The summed E-state index contributed by atoms with van der Waals surface area (Å²) in [5.74, 6) is 0.709. The molecule has 2 unspecified atom stereocenters. The van der Waals surface area contributed by atoms with Crippen molar-refractivity contribution in [2.75, 3.05) is 36.9 Å². The van der Waals surface area contributed by atoms with Crippen LogP contribution in [0.25, 0.3) is 10.9 Å². The molecule has 2 aromatic carbocycles. The minimum absolute atomic E-state index is 0.0110. The molecule has 1 saturated carbocycles. The Kier molecular flexibility index (Phi) is 7.05.